The minimum absolute atomic E-state index is 0.00274. The highest BCUT2D eigenvalue weighted by molar-refractivity contribution is 7.98. The maximum Gasteiger partial charge on any atom is 0.251 e. The van der Waals surface area contributed by atoms with Crippen LogP contribution in [0.2, 0.25) is 5.02 Å². The SMILES string of the molecule is O=C(NCCN1CCNCC1)c1ccc(CSc2ccc(Cl)cc2)cc1. The molecule has 1 saturated heterocycles. The molecule has 138 valence electrons. The molecule has 4 nitrogen and oxygen atoms in total. The van der Waals surface area contributed by atoms with Gasteiger partial charge in [-0.1, -0.05) is 23.7 Å². The number of rotatable bonds is 7. The number of hydrogen-bond acceptors (Lipinski definition) is 4. The molecule has 1 fully saturated rings. The third-order valence-electron chi connectivity index (χ3n) is 4.36. The summed E-state index contributed by atoms with van der Waals surface area (Å²) in [6.07, 6.45) is 0. The van der Waals surface area contributed by atoms with Gasteiger partial charge in [0, 0.05) is 60.5 Å². The number of nitrogens with one attached hydrogen (secondary N) is 2. The summed E-state index contributed by atoms with van der Waals surface area (Å²) in [4.78, 5) is 15.8. The molecule has 26 heavy (non-hydrogen) atoms. The van der Waals surface area contributed by atoms with E-state index in [4.69, 9.17) is 11.6 Å². The lowest BCUT2D eigenvalue weighted by molar-refractivity contribution is 0.0947. The van der Waals surface area contributed by atoms with Gasteiger partial charge < -0.3 is 10.6 Å². The Hall–Kier alpha value is -1.53. The molecule has 0 unspecified atom stereocenters. The number of nitrogens with zero attached hydrogens (tertiary/aromatic N) is 1. The Morgan fingerprint density at radius 2 is 1.77 bits per heavy atom. The van der Waals surface area contributed by atoms with Crippen LogP contribution in [0.25, 0.3) is 0 Å². The van der Waals surface area contributed by atoms with Crippen LogP contribution in [0.4, 0.5) is 0 Å². The van der Waals surface area contributed by atoms with Crippen LogP contribution < -0.4 is 10.6 Å². The lowest BCUT2D eigenvalue weighted by Gasteiger charge is -2.27. The van der Waals surface area contributed by atoms with Gasteiger partial charge in [-0.25, -0.2) is 0 Å². The Kier molecular flexibility index (Phi) is 7.38. The summed E-state index contributed by atoms with van der Waals surface area (Å²) in [5.74, 6) is 0.865. The molecule has 0 bridgehead atoms. The zero-order chi connectivity index (χ0) is 18.2. The van der Waals surface area contributed by atoms with E-state index in [0.29, 0.717) is 12.1 Å². The first-order valence-electron chi connectivity index (χ1n) is 8.89. The molecule has 1 amide bonds. The van der Waals surface area contributed by atoms with Gasteiger partial charge in [0.15, 0.2) is 0 Å². The molecular formula is C20H24ClN3OS. The van der Waals surface area contributed by atoms with Crippen molar-refractivity contribution in [1.29, 1.82) is 0 Å². The van der Waals surface area contributed by atoms with Crippen molar-refractivity contribution >= 4 is 29.3 Å². The molecule has 2 aromatic carbocycles. The van der Waals surface area contributed by atoms with Crippen molar-refractivity contribution in [2.75, 3.05) is 39.3 Å². The fourth-order valence-electron chi connectivity index (χ4n) is 2.81. The maximum absolute atomic E-state index is 12.2. The normalized spacial score (nSPS) is 15.0. The zero-order valence-corrected chi connectivity index (χ0v) is 16.3. The molecule has 3 rings (SSSR count). The standard InChI is InChI=1S/C20H24ClN3OS/c21-18-5-7-19(8-6-18)26-15-16-1-3-17(4-2-16)20(25)23-11-14-24-12-9-22-10-13-24/h1-8,22H,9-15H2,(H,23,25). The molecule has 0 saturated carbocycles. The van der Waals surface area contributed by atoms with E-state index >= 15 is 0 Å². The molecule has 1 heterocycles. The van der Waals surface area contributed by atoms with E-state index in [1.807, 2.05) is 48.5 Å². The van der Waals surface area contributed by atoms with E-state index in [1.165, 1.54) is 10.5 Å². The van der Waals surface area contributed by atoms with Gasteiger partial charge in [-0.15, -0.1) is 11.8 Å². The summed E-state index contributed by atoms with van der Waals surface area (Å²) < 4.78 is 0. The zero-order valence-electron chi connectivity index (χ0n) is 14.7. The van der Waals surface area contributed by atoms with Crippen LogP contribution in [-0.2, 0) is 5.75 Å². The lowest BCUT2D eigenvalue weighted by atomic mass is 10.1. The quantitative estimate of drug-likeness (QED) is 0.713. The number of benzene rings is 2. The highest BCUT2D eigenvalue weighted by Crippen LogP contribution is 2.24. The van der Waals surface area contributed by atoms with Crippen molar-refractivity contribution in [3.63, 3.8) is 0 Å². The number of carbonyl (C=O) groups excluding carboxylic acids is 1. The van der Waals surface area contributed by atoms with Crippen LogP contribution in [0.3, 0.4) is 0 Å². The molecule has 2 N–H and O–H groups in total. The average Bonchev–Trinajstić information content (AvgIpc) is 2.69. The highest BCUT2D eigenvalue weighted by Gasteiger charge is 2.10. The Labute approximate surface area is 164 Å². The molecule has 0 spiro atoms. The molecule has 0 radical (unpaired) electrons. The van der Waals surface area contributed by atoms with Crippen LogP contribution in [-0.4, -0.2) is 50.1 Å². The van der Waals surface area contributed by atoms with Crippen LogP contribution in [0, 0.1) is 0 Å². The van der Waals surface area contributed by atoms with E-state index in [9.17, 15) is 4.79 Å². The average molecular weight is 390 g/mol. The summed E-state index contributed by atoms with van der Waals surface area (Å²) in [5, 5.41) is 7.09. The van der Waals surface area contributed by atoms with Crippen molar-refractivity contribution in [1.82, 2.24) is 15.5 Å². The van der Waals surface area contributed by atoms with Gasteiger partial charge in [0.1, 0.15) is 0 Å². The minimum Gasteiger partial charge on any atom is -0.351 e. The summed E-state index contributed by atoms with van der Waals surface area (Å²) in [6.45, 7) is 5.76. The van der Waals surface area contributed by atoms with Crippen LogP contribution in [0.15, 0.2) is 53.4 Å². The van der Waals surface area contributed by atoms with Crippen molar-refractivity contribution < 1.29 is 4.79 Å². The van der Waals surface area contributed by atoms with Crippen LogP contribution in [0.5, 0.6) is 0 Å². The van der Waals surface area contributed by atoms with Gasteiger partial charge in [-0.3, -0.25) is 9.69 Å². The molecule has 2 aromatic rings. The number of piperazine rings is 1. The topological polar surface area (TPSA) is 44.4 Å². The molecule has 0 aliphatic carbocycles. The predicted octanol–water partition coefficient (Wildman–Crippen LogP) is 3.27. The Balaban J connectivity index is 1.42. The van der Waals surface area contributed by atoms with Crippen molar-refractivity contribution in [3.8, 4) is 0 Å². The van der Waals surface area contributed by atoms with Crippen molar-refractivity contribution in [3.05, 3.63) is 64.7 Å². The third kappa shape index (κ3) is 6.02. The van der Waals surface area contributed by atoms with Gasteiger partial charge in [-0.05, 0) is 42.0 Å². The minimum atomic E-state index is -0.00274. The summed E-state index contributed by atoms with van der Waals surface area (Å²) >= 11 is 7.66. The Morgan fingerprint density at radius 1 is 1.08 bits per heavy atom. The summed E-state index contributed by atoms with van der Waals surface area (Å²) in [5.41, 5.74) is 1.91. The van der Waals surface area contributed by atoms with Gasteiger partial charge in [-0.2, -0.15) is 0 Å². The van der Waals surface area contributed by atoms with Gasteiger partial charge >= 0.3 is 0 Å². The number of hydrogen-bond donors (Lipinski definition) is 2. The van der Waals surface area contributed by atoms with E-state index in [2.05, 4.69) is 15.5 Å². The first-order valence-corrected chi connectivity index (χ1v) is 10.3. The molecule has 0 atom stereocenters. The van der Waals surface area contributed by atoms with Gasteiger partial charge in [0.05, 0.1) is 0 Å². The second kappa shape index (κ2) is 9.97. The summed E-state index contributed by atoms with van der Waals surface area (Å²) in [7, 11) is 0. The Bertz CT molecular complexity index is 700. The Morgan fingerprint density at radius 3 is 2.46 bits per heavy atom. The van der Waals surface area contributed by atoms with Gasteiger partial charge in [0.25, 0.3) is 5.91 Å². The maximum atomic E-state index is 12.2. The smallest absolute Gasteiger partial charge is 0.251 e. The molecule has 6 heteroatoms. The number of amides is 1. The second-order valence-corrected chi connectivity index (χ2v) is 7.77. The number of thioether (sulfide) groups is 1. The monoisotopic (exact) mass is 389 g/mol. The fourth-order valence-corrected chi connectivity index (χ4v) is 3.79. The third-order valence-corrected chi connectivity index (χ3v) is 5.69. The molecular weight excluding hydrogens is 366 g/mol. The second-order valence-electron chi connectivity index (χ2n) is 6.29. The van der Waals surface area contributed by atoms with Crippen molar-refractivity contribution in [2.24, 2.45) is 0 Å². The van der Waals surface area contributed by atoms with E-state index in [0.717, 1.165) is 43.5 Å². The summed E-state index contributed by atoms with van der Waals surface area (Å²) in [6, 6.07) is 15.7. The molecule has 0 aromatic heterocycles. The lowest BCUT2D eigenvalue weighted by Crippen LogP contribution is -2.46. The van der Waals surface area contributed by atoms with Crippen molar-refractivity contribution in [2.45, 2.75) is 10.6 Å². The predicted molar refractivity (Wildman–Crippen MR) is 109 cm³/mol. The van der Waals surface area contributed by atoms with Gasteiger partial charge in [0.2, 0.25) is 0 Å². The first-order chi connectivity index (χ1) is 12.7. The van der Waals surface area contributed by atoms with E-state index in [-0.39, 0.29) is 5.91 Å². The number of halogens is 1. The largest absolute Gasteiger partial charge is 0.351 e. The number of carbonyl (C=O) groups is 1. The fraction of sp³-hybridized carbons (Fsp3) is 0.350. The first kappa shape index (κ1) is 19.2. The van der Waals surface area contributed by atoms with Crippen LogP contribution >= 0.6 is 23.4 Å². The highest BCUT2D eigenvalue weighted by atomic mass is 35.5. The van der Waals surface area contributed by atoms with E-state index < -0.39 is 0 Å². The molecule has 1 aliphatic heterocycles. The molecule has 1 aliphatic rings. The van der Waals surface area contributed by atoms with E-state index in [1.54, 1.807) is 11.8 Å². The van der Waals surface area contributed by atoms with Crippen LogP contribution in [0.1, 0.15) is 15.9 Å².